The number of piperidine rings is 1. The Morgan fingerprint density at radius 3 is 2.78 bits per heavy atom. The van der Waals surface area contributed by atoms with Crippen LogP contribution in [0.2, 0.25) is 0 Å². The third-order valence-corrected chi connectivity index (χ3v) is 4.70. The quantitative estimate of drug-likeness (QED) is 0.876. The maximum atomic E-state index is 12.2. The zero-order chi connectivity index (χ0) is 16.1. The molecule has 1 aromatic rings. The van der Waals surface area contributed by atoms with Crippen molar-refractivity contribution in [2.45, 2.75) is 50.7 Å². The monoisotopic (exact) mass is 318 g/mol. The molecular formula is C18H26N2O3. The fraction of sp³-hybridized carbons (Fsp3) is 0.611. The number of benzene rings is 1. The summed E-state index contributed by atoms with van der Waals surface area (Å²) in [5.41, 5.74) is 1.91. The number of aliphatic hydroxyl groups excluding tert-OH is 1. The van der Waals surface area contributed by atoms with Crippen LogP contribution in [-0.2, 0) is 9.53 Å². The summed E-state index contributed by atoms with van der Waals surface area (Å²) in [6.45, 7) is 2.48. The van der Waals surface area contributed by atoms with Gasteiger partial charge in [0.1, 0.15) is 0 Å². The van der Waals surface area contributed by atoms with Crippen LogP contribution in [-0.4, -0.2) is 42.9 Å². The Balaban J connectivity index is 1.57. The van der Waals surface area contributed by atoms with Crippen LogP contribution in [0.25, 0.3) is 0 Å². The third kappa shape index (κ3) is 4.45. The highest BCUT2D eigenvalue weighted by atomic mass is 16.5. The number of nitrogens with zero attached hydrogens (tertiary/aromatic N) is 1. The Hall–Kier alpha value is -1.59. The standard InChI is InChI=1S/C18H26N2O3/c21-14-9-11-20(12-10-14)17-6-2-1-5-16(17)19-18(22)8-7-15-4-3-13-23-15/h1-2,5-6,14-15,21H,3-4,7-13H2,(H,19,22). The molecule has 0 aromatic heterocycles. The van der Waals surface area contributed by atoms with Crippen LogP contribution in [0, 0.1) is 0 Å². The number of ether oxygens (including phenoxy) is 1. The lowest BCUT2D eigenvalue weighted by molar-refractivity contribution is -0.116. The number of rotatable bonds is 5. The molecule has 2 fully saturated rings. The summed E-state index contributed by atoms with van der Waals surface area (Å²) in [7, 11) is 0. The maximum Gasteiger partial charge on any atom is 0.224 e. The van der Waals surface area contributed by atoms with Crippen LogP contribution < -0.4 is 10.2 Å². The first-order chi connectivity index (χ1) is 11.2. The Morgan fingerprint density at radius 2 is 2.04 bits per heavy atom. The number of carbonyl (C=O) groups is 1. The van der Waals surface area contributed by atoms with Crippen molar-refractivity contribution in [3.63, 3.8) is 0 Å². The molecule has 0 saturated carbocycles. The summed E-state index contributed by atoms with van der Waals surface area (Å²) in [4.78, 5) is 14.5. The Kier molecular flexibility index (Phi) is 5.51. The number of hydrogen-bond acceptors (Lipinski definition) is 4. The van der Waals surface area contributed by atoms with Crippen LogP contribution in [0.15, 0.2) is 24.3 Å². The van der Waals surface area contributed by atoms with E-state index < -0.39 is 0 Å². The van der Waals surface area contributed by atoms with Crippen LogP contribution in [0.1, 0.15) is 38.5 Å². The molecule has 1 amide bonds. The second kappa shape index (κ2) is 7.79. The van der Waals surface area contributed by atoms with Crippen molar-refractivity contribution in [1.82, 2.24) is 0 Å². The van der Waals surface area contributed by atoms with Gasteiger partial charge >= 0.3 is 0 Å². The minimum absolute atomic E-state index is 0.0463. The first-order valence-corrected chi connectivity index (χ1v) is 8.66. The first kappa shape index (κ1) is 16.3. The lowest BCUT2D eigenvalue weighted by Gasteiger charge is -2.32. The zero-order valence-corrected chi connectivity index (χ0v) is 13.5. The molecule has 23 heavy (non-hydrogen) atoms. The van der Waals surface area contributed by atoms with Crippen molar-refractivity contribution in [3.8, 4) is 0 Å². The molecule has 2 N–H and O–H groups in total. The van der Waals surface area contributed by atoms with Crippen molar-refractivity contribution < 1.29 is 14.6 Å². The van der Waals surface area contributed by atoms with Crippen molar-refractivity contribution in [1.29, 1.82) is 0 Å². The lowest BCUT2D eigenvalue weighted by Crippen LogP contribution is -2.36. The van der Waals surface area contributed by atoms with E-state index >= 15 is 0 Å². The largest absolute Gasteiger partial charge is 0.393 e. The topological polar surface area (TPSA) is 61.8 Å². The number of aliphatic hydroxyl groups is 1. The molecule has 1 atom stereocenters. The first-order valence-electron chi connectivity index (χ1n) is 8.66. The molecule has 2 aliphatic heterocycles. The molecule has 0 bridgehead atoms. The Morgan fingerprint density at radius 1 is 1.26 bits per heavy atom. The van der Waals surface area contributed by atoms with E-state index in [0.29, 0.717) is 6.42 Å². The predicted molar refractivity (Wildman–Crippen MR) is 90.7 cm³/mol. The van der Waals surface area contributed by atoms with E-state index in [9.17, 15) is 9.90 Å². The van der Waals surface area contributed by atoms with Gasteiger partial charge in [0.2, 0.25) is 5.91 Å². The molecule has 0 aliphatic carbocycles. The third-order valence-electron chi connectivity index (χ3n) is 4.70. The summed E-state index contributed by atoms with van der Waals surface area (Å²) in [6, 6.07) is 7.91. The highest BCUT2D eigenvalue weighted by Crippen LogP contribution is 2.28. The van der Waals surface area contributed by atoms with Gasteiger partial charge in [-0.05, 0) is 44.2 Å². The van der Waals surface area contributed by atoms with Crippen molar-refractivity contribution in [2.24, 2.45) is 0 Å². The SMILES string of the molecule is O=C(CCC1CCCO1)Nc1ccccc1N1CCC(O)CC1. The number of carbonyl (C=O) groups excluding carboxylic acids is 1. The normalized spacial score (nSPS) is 22.3. The van der Waals surface area contributed by atoms with Gasteiger partial charge in [0.25, 0.3) is 0 Å². The van der Waals surface area contributed by atoms with Gasteiger partial charge in [-0.3, -0.25) is 4.79 Å². The number of amides is 1. The van der Waals surface area contributed by atoms with Crippen LogP contribution in [0.5, 0.6) is 0 Å². The average molecular weight is 318 g/mol. The summed E-state index contributed by atoms with van der Waals surface area (Å²) < 4.78 is 5.57. The maximum absolute atomic E-state index is 12.2. The number of anilines is 2. The van der Waals surface area contributed by atoms with Gasteiger partial charge in [-0.1, -0.05) is 12.1 Å². The molecule has 2 heterocycles. The van der Waals surface area contributed by atoms with E-state index in [1.54, 1.807) is 0 Å². The second-order valence-electron chi connectivity index (χ2n) is 6.46. The minimum atomic E-state index is -0.195. The van der Waals surface area contributed by atoms with E-state index in [0.717, 1.165) is 63.2 Å². The van der Waals surface area contributed by atoms with Gasteiger partial charge in [0.05, 0.1) is 23.6 Å². The molecule has 1 aromatic carbocycles. The van der Waals surface area contributed by atoms with Crippen LogP contribution >= 0.6 is 0 Å². The van der Waals surface area contributed by atoms with E-state index in [2.05, 4.69) is 10.2 Å². The van der Waals surface area contributed by atoms with Gasteiger partial charge in [0.15, 0.2) is 0 Å². The summed E-state index contributed by atoms with van der Waals surface area (Å²) in [6.07, 6.45) is 5.08. The minimum Gasteiger partial charge on any atom is -0.393 e. The molecular weight excluding hydrogens is 292 g/mol. The summed E-state index contributed by atoms with van der Waals surface area (Å²) >= 11 is 0. The summed E-state index contributed by atoms with van der Waals surface area (Å²) in [5.74, 6) is 0.0463. The van der Waals surface area contributed by atoms with Crippen molar-refractivity contribution in [2.75, 3.05) is 29.9 Å². The fourth-order valence-corrected chi connectivity index (χ4v) is 3.34. The van der Waals surface area contributed by atoms with E-state index in [1.807, 2.05) is 24.3 Å². The molecule has 5 nitrogen and oxygen atoms in total. The van der Waals surface area contributed by atoms with E-state index in [1.165, 1.54) is 0 Å². The van der Waals surface area contributed by atoms with E-state index in [4.69, 9.17) is 4.74 Å². The van der Waals surface area contributed by atoms with Gasteiger partial charge in [-0.25, -0.2) is 0 Å². The van der Waals surface area contributed by atoms with Gasteiger partial charge in [-0.15, -0.1) is 0 Å². The highest BCUT2D eigenvalue weighted by molar-refractivity contribution is 5.94. The number of para-hydroxylation sites is 2. The van der Waals surface area contributed by atoms with Gasteiger partial charge < -0.3 is 20.1 Å². The van der Waals surface area contributed by atoms with Crippen LogP contribution in [0.3, 0.4) is 0 Å². The predicted octanol–water partition coefficient (Wildman–Crippen LogP) is 2.55. The molecule has 126 valence electrons. The fourth-order valence-electron chi connectivity index (χ4n) is 3.34. The Labute approximate surface area is 137 Å². The average Bonchev–Trinajstić information content (AvgIpc) is 3.08. The molecule has 0 radical (unpaired) electrons. The smallest absolute Gasteiger partial charge is 0.224 e. The molecule has 2 aliphatic rings. The van der Waals surface area contributed by atoms with Crippen LogP contribution in [0.4, 0.5) is 11.4 Å². The number of nitrogens with one attached hydrogen (secondary N) is 1. The van der Waals surface area contributed by atoms with Gasteiger partial charge in [0, 0.05) is 26.1 Å². The molecule has 5 heteroatoms. The molecule has 0 spiro atoms. The van der Waals surface area contributed by atoms with Crippen molar-refractivity contribution >= 4 is 17.3 Å². The van der Waals surface area contributed by atoms with Gasteiger partial charge in [-0.2, -0.15) is 0 Å². The van der Waals surface area contributed by atoms with E-state index in [-0.39, 0.29) is 18.1 Å². The highest BCUT2D eigenvalue weighted by Gasteiger charge is 2.20. The Bertz CT molecular complexity index is 521. The zero-order valence-electron chi connectivity index (χ0n) is 13.5. The van der Waals surface area contributed by atoms with Crippen molar-refractivity contribution in [3.05, 3.63) is 24.3 Å². The molecule has 3 rings (SSSR count). The number of hydrogen-bond donors (Lipinski definition) is 2. The second-order valence-corrected chi connectivity index (χ2v) is 6.46. The summed E-state index contributed by atoms with van der Waals surface area (Å²) in [5, 5.41) is 12.7. The molecule has 1 unspecified atom stereocenters. The lowest BCUT2D eigenvalue weighted by atomic mass is 10.1. The molecule has 2 saturated heterocycles.